The summed E-state index contributed by atoms with van der Waals surface area (Å²) in [7, 11) is 0. The SMILES string of the molecule is CCNC(=NCc1cccc(COC2CCOCC2)c1)NCc1nnc2ccccn12. The number of guanidine groups is 1. The smallest absolute Gasteiger partial charge is 0.191 e. The zero-order chi connectivity index (χ0) is 21.3. The number of nitrogens with zero attached hydrogens (tertiary/aromatic N) is 4. The van der Waals surface area contributed by atoms with Crippen molar-refractivity contribution in [3.05, 3.63) is 65.6 Å². The molecule has 31 heavy (non-hydrogen) atoms. The maximum Gasteiger partial charge on any atom is 0.191 e. The van der Waals surface area contributed by atoms with Gasteiger partial charge in [-0.25, -0.2) is 4.99 Å². The minimum atomic E-state index is 0.299. The fraction of sp³-hybridized carbons (Fsp3) is 0.435. The molecule has 8 heteroatoms. The molecule has 1 saturated heterocycles. The van der Waals surface area contributed by atoms with Gasteiger partial charge in [0.15, 0.2) is 17.4 Å². The third-order valence-corrected chi connectivity index (χ3v) is 5.21. The van der Waals surface area contributed by atoms with E-state index in [1.54, 1.807) is 0 Å². The number of aliphatic imine (C=N–C) groups is 1. The second-order valence-corrected chi connectivity index (χ2v) is 7.54. The van der Waals surface area contributed by atoms with Gasteiger partial charge in [-0.15, -0.1) is 10.2 Å². The molecule has 8 nitrogen and oxygen atoms in total. The number of nitrogens with one attached hydrogen (secondary N) is 2. The lowest BCUT2D eigenvalue weighted by Gasteiger charge is -2.22. The van der Waals surface area contributed by atoms with E-state index >= 15 is 0 Å². The predicted octanol–water partition coefficient (Wildman–Crippen LogP) is 2.68. The molecule has 3 aromatic rings. The quantitative estimate of drug-likeness (QED) is 0.429. The first kappa shape index (κ1) is 21.3. The van der Waals surface area contributed by atoms with Gasteiger partial charge in [-0.2, -0.15) is 0 Å². The Hall–Kier alpha value is -2.97. The van der Waals surface area contributed by atoms with E-state index in [1.165, 1.54) is 5.56 Å². The number of benzene rings is 1. The van der Waals surface area contributed by atoms with E-state index in [0.717, 1.165) is 55.6 Å². The van der Waals surface area contributed by atoms with Crippen LogP contribution in [0, 0.1) is 0 Å². The zero-order valence-corrected chi connectivity index (χ0v) is 18.0. The highest BCUT2D eigenvalue weighted by Crippen LogP contribution is 2.14. The average Bonchev–Trinajstić information content (AvgIpc) is 3.24. The maximum atomic E-state index is 6.05. The summed E-state index contributed by atoms with van der Waals surface area (Å²) in [5.41, 5.74) is 3.16. The Labute approximate surface area is 182 Å². The summed E-state index contributed by atoms with van der Waals surface area (Å²) < 4.78 is 13.4. The summed E-state index contributed by atoms with van der Waals surface area (Å²) in [5.74, 6) is 1.59. The number of hydrogen-bond donors (Lipinski definition) is 2. The largest absolute Gasteiger partial charge is 0.381 e. The second-order valence-electron chi connectivity index (χ2n) is 7.54. The van der Waals surface area contributed by atoms with E-state index in [2.05, 4.69) is 52.0 Å². The Kier molecular flexibility index (Phi) is 7.46. The van der Waals surface area contributed by atoms with Gasteiger partial charge < -0.3 is 20.1 Å². The van der Waals surface area contributed by atoms with Gasteiger partial charge in [0.25, 0.3) is 0 Å². The van der Waals surface area contributed by atoms with Crippen LogP contribution in [-0.4, -0.2) is 46.4 Å². The van der Waals surface area contributed by atoms with Gasteiger partial charge in [-0.1, -0.05) is 30.3 Å². The molecule has 0 unspecified atom stereocenters. The van der Waals surface area contributed by atoms with Gasteiger partial charge in [0.05, 0.1) is 25.8 Å². The number of fused-ring (bicyclic) bond motifs is 1. The van der Waals surface area contributed by atoms with Crippen LogP contribution in [0.5, 0.6) is 0 Å². The Morgan fingerprint density at radius 2 is 2.00 bits per heavy atom. The topological polar surface area (TPSA) is 85.1 Å². The van der Waals surface area contributed by atoms with Crippen molar-refractivity contribution in [1.29, 1.82) is 0 Å². The molecule has 0 amide bonds. The monoisotopic (exact) mass is 422 g/mol. The van der Waals surface area contributed by atoms with E-state index in [4.69, 9.17) is 14.5 Å². The first-order valence-electron chi connectivity index (χ1n) is 10.9. The summed E-state index contributed by atoms with van der Waals surface area (Å²) in [4.78, 5) is 4.73. The lowest BCUT2D eigenvalue weighted by atomic mass is 10.1. The summed E-state index contributed by atoms with van der Waals surface area (Å²) >= 11 is 0. The highest BCUT2D eigenvalue weighted by molar-refractivity contribution is 5.79. The zero-order valence-electron chi connectivity index (χ0n) is 18.0. The number of pyridine rings is 1. The van der Waals surface area contributed by atoms with Crippen LogP contribution in [0.3, 0.4) is 0 Å². The summed E-state index contributed by atoms with van der Waals surface area (Å²) in [6.07, 6.45) is 4.21. The lowest BCUT2D eigenvalue weighted by Crippen LogP contribution is -2.37. The minimum Gasteiger partial charge on any atom is -0.381 e. The van der Waals surface area contributed by atoms with Crippen LogP contribution in [0.25, 0.3) is 5.65 Å². The van der Waals surface area contributed by atoms with Crippen molar-refractivity contribution in [2.75, 3.05) is 19.8 Å². The molecule has 0 aliphatic carbocycles. The van der Waals surface area contributed by atoms with E-state index in [-0.39, 0.29) is 0 Å². The number of hydrogen-bond acceptors (Lipinski definition) is 5. The summed E-state index contributed by atoms with van der Waals surface area (Å²) in [5, 5.41) is 15.1. The molecule has 0 saturated carbocycles. The van der Waals surface area contributed by atoms with Crippen LogP contribution in [0.1, 0.15) is 36.7 Å². The van der Waals surface area contributed by atoms with Crippen molar-refractivity contribution in [1.82, 2.24) is 25.2 Å². The van der Waals surface area contributed by atoms with Crippen LogP contribution in [0.4, 0.5) is 0 Å². The summed E-state index contributed by atoms with van der Waals surface area (Å²) in [6.45, 7) is 6.18. The highest BCUT2D eigenvalue weighted by atomic mass is 16.5. The molecule has 2 aromatic heterocycles. The van der Waals surface area contributed by atoms with Crippen LogP contribution < -0.4 is 10.6 Å². The van der Waals surface area contributed by atoms with Gasteiger partial charge in [0, 0.05) is 26.0 Å². The minimum absolute atomic E-state index is 0.299. The predicted molar refractivity (Wildman–Crippen MR) is 120 cm³/mol. The van der Waals surface area contributed by atoms with Gasteiger partial charge in [0.1, 0.15) is 0 Å². The highest BCUT2D eigenvalue weighted by Gasteiger charge is 2.14. The molecule has 1 aromatic carbocycles. The fourth-order valence-corrected chi connectivity index (χ4v) is 3.56. The fourth-order valence-electron chi connectivity index (χ4n) is 3.56. The van der Waals surface area contributed by atoms with Crippen molar-refractivity contribution in [2.24, 2.45) is 4.99 Å². The number of aromatic nitrogens is 3. The van der Waals surface area contributed by atoms with Crippen molar-refractivity contribution >= 4 is 11.6 Å². The molecule has 0 bridgehead atoms. The number of ether oxygens (including phenoxy) is 2. The van der Waals surface area contributed by atoms with Crippen LogP contribution in [-0.2, 0) is 29.2 Å². The van der Waals surface area contributed by atoms with E-state index < -0.39 is 0 Å². The Bertz CT molecular complexity index is 996. The molecule has 0 radical (unpaired) electrons. The Balaban J connectivity index is 1.34. The molecular formula is C23H30N6O2. The molecule has 1 fully saturated rings. The first-order chi connectivity index (χ1) is 15.3. The van der Waals surface area contributed by atoms with Gasteiger partial charge >= 0.3 is 0 Å². The average molecular weight is 423 g/mol. The molecule has 0 atom stereocenters. The van der Waals surface area contributed by atoms with Gasteiger partial charge in [-0.3, -0.25) is 4.40 Å². The Morgan fingerprint density at radius 1 is 1.13 bits per heavy atom. The van der Waals surface area contributed by atoms with E-state index in [9.17, 15) is 0 Å². The number of rotatable bonds is 8. The van der Waals surface area contributed by atoms with Gasteiger partial charge in [-0.05, 0) is 43.0 Å². The van der Waals surface area contributed by atoms with Gasteiger partial charge in [0.2, 0.25) is 0 Å². The van der Waals surface area contributed by atoms with Crippen molar-refractivity contribution in [3.63, 3.8) is 0 Å². The molecule has 2 N–H and O–H groups in total. The second kappa shape index (κ2) is 10.9. The lowest BCUT2D eigenvalue weighted by molar-refractivity contribution is -0.0390. The molecule has 3 heterocycles. The molecule has 1 aliphatic rings. The molecule has 164 valence electrons. The standard InChI is InChI=1S/C23H30N6O2/c1-2-24-23(26-16-22-28-27-21-8-3-4-11-29(21)22)25-15-18-6-5-7-19(14-18)17-31-20-9-12-30-13-10-20/h3-8,11,14,20H,2,9-10,12-13,15-17H2,1H3,(H2,24,25,26). The Morgan fingerprint density at radius 3 is 2.87 bits per heavy atom. The third-order valence-electron chi connectivity index (χ3n) is 5.21. The molecule has 4 rings (SSSR count). The molecule has 0 spiro atoms. The normalized spacial score (nSPS) is 15.3. The molecular weight excluding hydrogens is 392 g/mol. The van der Waals surface area contributed by atoms with E-state index in [0.29, 0.717) is 25.8 Å². The van der Waals surface area contributed by atoms with Crippen LogP contribution in [0.2, 0.25) is 0 Å². The third kappa shape index (κ3) is 6.02. The molecule has 1 aliphatic heterocycles. The van der Waals surface area contributed by atoms with E-state index in [1.807, 2.05) is 28.8 Å². The first-order valence-corrected chi connectivity index (χ1v) is 10.9. The maximum absolute atomic E-state index is 6.05. The van der Waals surface area contributed by atoms with Crippen molar-refractivity contribution < 1.29 is 9.47 Å². The van der Waals surface area contributed by atoms with Crippen molar-refractivity contribution in [2.45, 2.75) is 45.6 Å². The summed E-state index contributed by atoms with van der Waals surface area (Å²) in [6, 6.07) is 14.3. The van der Waals surface area contributed by atoms with Crippen LogP contribution >= 0.6 is 0 Å². The van der Waals surface area contributed by atoms with Crippen molar-refractivity contribution in [3.8, 4) is 0 Å². The van der Waals surface area contributed by atoms with Crippen LogP contribution in [0.15, 0.2) is 53.7 Å².